The lowest BCUT2D eigenvalue weighted by atomic mass is 10.1. The van der Waals surface area contributed by atoms with Gasteiger partial charge in [-0.25, -0.2) is 13.6 Å². The topological polar surface area (TPSA) is 52.3 Å². The summed E-state index contributed by atoms with van der Waals surface area (Å²) in [7, 11) is 0. The Labute approximate surface area is 122 Å². The second kappa shape index (κ2) is 6.00. The van der Waals surface area contributed by atoms with Crippen LogP contribution in [0.15, 0.2) is 40.9 Å². The third-order valence-corrected chi connectivity index (χ3v) is 3.14. The molecule has 0 bridgehead atoms. The number of carbonyl (C=O) groups excluding carboxylic acids is 1. The molecule has 2 N–H and O–H groups in total. The number of nitrogen functional groups attached to an aromatic ring is 1. The van der Waals surface area contributed by atoms with E-state index in [1.165, 1.54) is 0 Å². The zero-order valence-corrected chi connectivity index (χ0v) is 11.8. The number of ether oxygens (including phenoxy) is 1. The minimum absolute atomic E-state index is 0.0835. The highest BCUT2D eigenvalue weighted by molar-refractivity contribution is 9.10. The van der Waals surface area contributed by atoms with Crippen molar-refractivity contribution in [2.45, 2.75) is 6.61 Å². The number of benzene rings is 2. The van der Waals surface area contributed by atoms with Gasteiger partial charge in [0.2, 0.25) is 0 Å². The Morgan fingerprint density at radius 3 is 2.45 bits per heavy atom. The predicted octanol–water partition coefficient (Wildman–Crippen LogP) is 3.67. The zero-order chi connectivity index (χ0) is 14.7. The van der Waals surface area contributed by atoms with E-state index in [9.17, 15) is 13.6 Å². The molecule has 0 aromatic heterocycles. The highest BCUT2D eigenvalue weighted by Gasteiger charge is 2.20. The number of nitrogens with two attached hydrogens (primary N) is 1. The lowest BCUT2D eigenvalue weighted by molar-refractivity contribution is 0.0461. The molecule has 0 aliphatic carbocycles. The Hall–Kier alpha value is -1.95. The smallest absolute Gasteiger partial charge is 0.344 e. The Morgan fingerprint density at radius 2 is 1.80 bits per heavy atom. The van der Waals surface area contributed by atoms with Gasteiger partial charge in [0.1, 0.15) is 18.0 Å². The van der Waals surface area contributed by atoms with E-state index in [-0.39, 0.29) is 12.3 Å². The van der Waals surface area contributed by atoms with Crippen LogP contribution in [0.5, 0.6) is 0 Å². The van der Waals surface area contributed by atoms with Gasteiger partial charge in [-0.3, -0.25) is 0 Å². The summed E-state index contributed by atoms with van der Waals surface area (Å²) in [6, 6.07) is 8.97. The molecule has 0 aliphatic rings. The van der Waals surface area contributed by atoms with Crippen LogP contribution < -0.4 is 5.73 Å². The number of hydrogen-bond donors (Lipinski definition) is 1. The van der Waals surface area contributed by atoms with Crippen molar-refractivity contribution < 1.29 is 18.3 Å². The van der Waals surface area contributed by atoms with Gasteiger partial charge in [-0.05, 0) is 29.8 Å². The van der Waals surface area contributed by atoms with Gasteiger partial charge >= 0.3 is 5.97 Å². The molecule has 0 fully saturated rings. The van der Waals surface area contributed by atoms with E-state index in [0.717, 1.165) is 16.6 Å². The molecule has 2 aromatic carbocycles. The quantitative estimate of drug-likeness (QED) is 0.684. The fourth-order valence-electron chi connectivity index (χ4n) is 1.56. The molecule has 0 unspecified atom stereocenters. The van der Waals surface area contributed by atoms with E-state index >= 15 is 0 Å². The van der Waals surface area contributed by atoms with Gasteiger partial charge in [0.05, 0.1) is 5.69 Å². The molecule has 0 saturated carbocycles. The third-order valence-electron chi connectivity index (χ3n) is 2.61. The van der Waals surface area contributed by atoms with Crippen molar-refractivity contribution in [2.24, 2.45) is 0 Å². The average Bonchev–Trinajstić information content (AvgIpc) is 2.43. The van der Waals surface area contributed by atoms with Gasteiger partial charge in [-0.2, -0.15) is 0 Å². The van der Waals surface area contributed by atoms with Crippen LogP contribution in [0.25, 0.3) is 0 Å². The van der Waals surface area contributed by atoms with Crippen molar-refractivity contribution in [3.05, 3.63) is 63.6 Å². The predicted molar refractivity (Wildman–Crippen MR) is 74.0 cm³/mol. The summed E-state index contributed by atoms with van der Waals surface area (Å²) in [6.45, 7) is -0.0835. The molecular formula is C14H10BrF2NO2. The molecular weight excluding hydrogens is 332 g/mol. The molecule has 0 heterocycles. The van der Waals surface area contributed by atoms with E-state index in [0.29, 0.717) is 5.56 Å². The molecule has 6 heteroatoms. The molecule has 0 radical (unpaired) electrons. The maximum Gasteiger partial charge on any atom is 0.344 e. The van der Waals surface area contributed by atoms with Gasteiger partial charge < -0.3 is 10.5 Å². The van der Waals surface area contributed by atoms with Crippen LogP contribution >= 0.6 is 15.9 Å². The van der Waals surface area contributed by atoms with Crippen molar-refractivity contribution in [3.8, 4) is 0 Å². The molecule has 2 rings (SSSR count). The maximum absolute atomic E-state index is 13.6. The van der Waals surface area contributed by atoms with Gasteiger partial charge in [-0.1, -0.05) is 28.1 Å². The fraction of sp³-hybridized carbons (Fsp3) is 0.0714. The first kappa shape index (κ1) is 14.5. The summed E-state index contributed by atoms with van der Waals surface area (Å²) < 4.78 is 32.8. The summed E-state index contributed by atoms with van der Waals surface area (Å²) in [4.78, 5) is 11.7. The summed E-state index contributed by atoms with van der Waals surface area (Å²) in [6.07, 6.45) is 0. The molecule has 20 heavy (non-hydrogen) atoms. The SMILES string of the molecule is Nc1ccc(F)c(C(=O)OCc2ccc(Br)cc2)c1F. The normalized spacial score (nSPS) is 10.3. The lowest BCUT2D eigenvalue weighted by Gasteiger charge is -2.08. The van der Waals surface area contributed by atoms with Crippen LogP contribution in [-0.4, -0.2) is 5.97 Å². The highest BCUT2D eigenvalue weighted by atomic mass is 79.9. The monoisotopic (exact) mass is 341 g/mol. The Balaban J connectivity index is 2.13. The van der Waals surface area contributed by atoms with Crippen molar-refractivity contribution >= 4 is 27.6 Å². The standard InChI is InChI=1S/C14H10BrF2NO2/c15-9-3-1-8(2-4-9)7-20-14(19)12-10(16)5-6-11(18)13(12)17/h1-6H,7,18H2. The summed E-state index contributed by atoms with van der Waals surface area (Å²) in [5.74, 6) is -3.20. The van der Waals surface area contributed by atoms with Crippen molar-refractivity contribution in [3.63, 3.8) is 0 Å². The second-order valence-electron chi connectivity index (χ2n) is 4.03. The minimum Gasteiger partial charge on any atom is -0.457 e. The summed E-state index contributed by atoms with van der Waals surface area (Å²) >= 11 is 3.27. The van der Waals surface area contributed by atoms with Crippen molar-refractivity contribution in [2.75, 3.05) is 5.73 Å². The van der Waals surface area contributed by atoms with Crippen LogP contribution in [0.1, 0.15) is 15.9 Å². The number of esters is 1. The average molecular weight is 342 g/mol. The van der Waals surface area contributed by atoms with Crippen LogP contribution in [0, 0.1) is 11.6 Å². The fourth-order valence-corrected chi connectivity index (χ4v) is 1.82. The molecule has 0 atom stereocenters. The zero-order valence-electron chi connectivity index (χ0n) is 10.2. The first-order valence-electron chi connectivity index (χ1n) is 5.64. The second-order valence-corrected chi connectivity index (χ2v) is 4.94. The number of hydrogen-bond acceptors (Lipinski definition) is 3. The van der Waals surface area contributed by atoms with Gasteiger partial charge in [0.25, 0.3) is 0 Å². The Bertz CT molecular complexity index is 644. The van der Waals surface area contributed by atoms with Crippen LogP contribution in [-0.2, 0) is 11.3 Å². The number of rotatable bonds is 3. The molecule has 0 amide bonds. The largest absolute Gasteiger partial charge is 0.457 e. The third kappa shape index (κ3) is 3.14. The molecule has 0 spiro atoms. The van der Waals surface area contributed by atoms with Gasteiger partial charge in [0.15, 0.2) is 5.82 Å². The molecule has 0 aliphatic heterocycles. The van der Waals surface area contributed by atoms with E-state index in [4.69, 9.17) is 10.5 Å². The van der Waals surface area contributed by atoms with E-state index < -0.39 is 23.2 Å². The number of anilines is 1. The summed E-state index contributed by atoms with van der Waals surface area (Å²) in [5, 5.41) is 0. The Kier molecular flexibility index (Phi) is 4.34. The number of carbonyl (C=O) groups is 1. The highest BCUT2D eigenvalue weighted by Crippen LogP contribution is 2.20. The molecule has 0 saturated heterocycles. The van der Waals surface area contributed by atoms with E-state index in [2.05, 4.69) is 15.9 Å². The van der Waals surface area contributed by atoms with Crippen LogP contribution in [0.2, 0.25) is 0 Å². The van der Waals surface area contributed by atoms with Crippen LogP contribution in [0.3, 0.4) is 0 Å². The molecule has 3 nitrogen and oxygen atoms in total. The maximum atomic E-state index is 13.6. The van der Waals surface area contributed by atoms with E-state index in [1.807, 2.05) is 0 Å². The van der Waals surface area contributed by atoms with Crippen molar-refractivity contribution in [1.29, 1.82) is 0 Å². The lowest BCUT2D eigenvalue weighted by Crippen LogP contribution is -2.11. The first-order chi connectivity index (χ1) is 9.49. The van der Waals surface area contributed by atoms with Gasteiger partial charge in [0, 0.05) is 4.47 Å². The summed E-state index contributed by atoms with van der Waals surface area (Å²) in [5.41, 5.74) is 4.92. The van der Waals surface area contributed by atoms with Crippen molar-refractivity contribution in [1.82, 2.24) is 0 Å². The number of halogens is 3. The minimum atomic E-state index is -1.11. The van der Waals surface area contributed by atoms with Gasteiger partial charge in [-0.15, -0.1) is 0 Å². The van der Waals surface area contributed by atoms with Crippen LogP contribution in [0.4, 0.5) is 14.5 Å². The Morgan fingerprint density at radius 1 is 1.15 bits per heavy atom. The molecule has 104 valence electrons. The molecule has 2 aromatic rings. The first-order valence-corrected chi connectivity index (χ1v) is 6.43. The van der Waals surface area contributed by atoms with E-state index in [1.54, 1.807) is 24.3 Å².